The molecule has 0 spiro atoms. The zero-order chi connectivity index (χ0) is 13.7. The number of nitro groups is 1. The number of anilines is 1. The fourth-order valence-corrected chi connectivity index (χ4v) is 1.82. The highest BCUT2D eigenvalue weighted by molar-refractivity contribution is 5.54. The van der Waals surface area contributed by atoms with Gasteiger partial charge in [0.25, 0.3) is 5.69 Å². The summed E-state index contributed by atoms with van der Waals surface area (Å²) in [7, 11) is 0. The molecule has 0 radical (unpaired) electrons. The van der Waals surface area contributed by atoms with E-state index in [1.165, 1.54) is 5.56 Å². The maximum Gasteiger partial charge on any atom is 0.274 e. The largest absolute Gasteiger partial charge is 0.385 e. The van der Waals surface area contributed by atoms with Crippen molar-refractivity contribution in [3.05, 3.63) is 64.0 Å². The molecule has 5 nitrogen and oxygen atoms in total. The van der Waals surface area contributed by atoms with E-state index < -0.39 is 0 Å². The van der Waals surface area contributed by atoms with Crippen LogP contribution in [0.4, 0.5) is 11.4 Å². The van der Waals surface area contributed by atoms with Crippen LogP contribution in [0.2, 0.25) is 0 Å². The predicted molar refractivity (Wildman–Crippen MR) is 74.3 cm³/mol. The Morgan fingerprint density at radius 1 is 1.26 bits per heavy atom. The van der Waals surface area contributed by atoms with Gasteiger partial charge in [-0.05, 0) is 37.1 Å². The van der Waals surface area contributed by atoms with E-state index >= 15 is 0 Å². The summed E-state index contributed by atoms with van der Waals surface area (Å²) >= 11 is 0. The average molecular weight is 257 g/mol. The molecule has 1 heterocycles. The van der Waals surface area contributed by atoms with Crippen LogP contribution in [0, 0.1) is 17.0 Å². The first kappa shape index (κ1) is 13.0. The number of hydrogen-bond donors (Lipinski definition) is 1. The molecule has 2 aromatic rings. The van der Waals surface area contributed by atoms with Gasteiger partial charge in [0.2, 0.25) is 0 Å². The smallest absolute Gasteiger partial charge is 0.274 e. The minimum Gasteiger partial charge on any atom is -0.385 e. The molecule has 1 aromatic heterocycles. The maximum atomic E-state index is 10.8. The SMILES string of the molecule is Cc1ccc(NCCc2ccncc2)cc1[N+](=O)[O-]. The third-order valence-electron chi connectivity index (χ3n) is 2.90. The van der Waals surface area contributed by atoms with Gasteiger partial charge in [0.15, 0.2) is 0 Å². The molecule has 1 N–H and O–H groups in total. The molecule has 98 valence electrons. The molecule has 1 aromatic carbocycles. The average Bonchev–Trinajstić information content (AvgIpc) is 2.41. The summed E-state index contributed by atoms with van der Waals surface area (Å²) in [5, 5.41) is 14.0. The molecular weight excluding hydrogens is 242 g/mol. The highest BCUT2D eigenvalue weighted by atomic mass is 16.6. The van der Waals surface area contributed by atoms with Gasteiger partial charge in [-0.15, -0.1) is 0 Å². The summed E-state index contributed by atoms with van der Waals surface area (Å²) in [5.41, 5.74) is 2.77. The van der Waals surface area contributed by atoms with Gasteiger partial charge in [0, 0.05) is 36.3 Å². The standard InChI is InChI=1S/C14H15N3O2/c1-11-2-3-13(10-14(11)17(18)19)16-9-6-12-4-7-15-8-5-12/h2-5,7-8,10,16H,6,9H2,1H3. The lowest BCUT2D eigenvalue weighted by molar-refractivity contribution is -0.385. The van der Waals surface area contributed by atoms with Crippen LogP contribution in [0.5, 0.6) is 0 Å². The number of benzene rings is 1. The topological polar surface area (TPSA) is 68.1 Å². The fraction of sp³-hybridized carbons (Fsp3) is 0.214. The normalized spacial score (nSPS) is 10.2. The van der Waals surface area contributed by atoms with E-state index in [1.807, 2.05) is 18.2 Å². The van der Waals surface area contributed by atoms with Crippen molar-refractivity contribution in [2.45, 2.75) is 13.3 Å². The second kappa shape index (κ2) is 5.95. The zero-order valence-electron chi connectivity index (χ0n) is 10.7. The Kier molecular flexibility index (Phi) is 4.07. The Morgan fingerprint density at radius 3 is 2.68 bits per heavy atom. The highest BCUT2D eigenvalue weighted by Gasteiger charge is 2.10. The van der Waals surface area contributed by atoms with Crippen molar-refractivity contribution in [3.8, 4) is 0 Å². The van der Waals surface area contributed by atoms with Gasteiger partial charge in [-0.1, -0.05) is 6.07 Å². The van der Waals surface area contributed by atoms with Crippen LogP contribution in [0.1, 0.15) is 11.1 Å². The van der Waals surface area contributed by atoms with Crippen molar-refractivity contribution in [2.24, 2.45) is 0 Å². The Morgan fingerprint density at radius 2 is 2.00 bits per heavy atom. The summed E-state index contributed by atoms with van der Waals surface area (Å²) in [4.78, 5) is 14.4. The Balaban J connectivity index is 1.97. The van der Waals surface area contributed by atoms with Gasteiger partial charge in [-0.25, -0.2) is 0 Å². The molecule has 0 aliphatic carbocycles. The number of pyridine rings is 1. The summed E-state index contributed by atoms with van der Waals surface area (Å²) in [6.07, 6.45) is 4.36. The number of nitrogens with one attached hydrogen (secondary N) is 1. The van der Waals surface area contributed by atoms with Crippen molar-refractivity contribution in [1.29, 1.82) is 0 Å². The number of hydrogen-bond acceptors (Lipinski definition) is 4. The van der Waals surface area contributed by atoms with Crippen molar-refractivity contribution in [3.63, 3.8) is 0 Å². The van der Waals surface area contributed by atoms with Crippen molar-refractivity contribution >= 4 is 11.4 Å². The van der Waals surface area contributed by atoms with Crippen LogP contribution in [0.3, 0.4) is 0 Å². The van der Waals surface area contributed by atoms with Gasteiger partial charge in [0.1, 0.15) is 0 Å². The summed E-state index contributed by atoms with van der Waals surface area (Å²) in [5.74, 6) is 0. The molecule has 0 fully saturated rings. The van der Waals surface area contributed by atoms with Crippen LogP contribution in [0.15, 0.2) is 42.7 Å². The van der Waals surface area contributed by atoms with Crippen LogP contribution in [-0.2, 0) is 6.42 Å². The molecule has 0 aliphatic heterocycles. The molecule has 2 rings (SSSR count). The van der Waals surface area contributed by atoms with Gasteiger partial charge in [-0.3, -0.25) is 15.1 Å². The summed E-state index contributed by atoms with van der Waals surface area (Å²) in [6.45, 7) is 2.46. The molecule has 0 amide bonds. The number of aromatic nitrogens is 1. The third kappa shape index (κ3) is 3.51. The number of aryl methyl sites for hydroxylation is 1. The maximum absolute atomic E-state index is 10.8. The van der Waals surface area contributed by atoms with E-state index in [0.29, 0.717) is 5.56 Å². The molecule has 0 saturated carbocycles. The molecule has 0 atom stereocenters. The lowest BCUT2D eigenvalue weighted by Gasteiger charge is -2.07. The van der Waals surface area contributed by atoms with E-state index in [-0.39, 0.29) is 10.6 Å². The first-order chi connectivity index (χ1) is 9.16. The number of nitro benzene ring substituents is 1. The van der Waals surface area contributed by atoms with Crippen LogP contribution >= 0.6 is 0 Å². The van der Waals surface area contributed by atoms with E-state index in [1.54, 1.807) is 31.5 Å². The fourth-order valence-electron chi connectivity index (χ4n) is 1.82. The van der Waals surface area contributed by atoms with E-state index in [9.17, 15) is 10.1 Å². The molecule has 0 saturated heterocycles. The number of nitrogens with zero attached hydrogens (tertiary/aromatic N) is 2. The summed E-state index contributed by atoms with van der Waals surface area (Å²) in [6, 6.07) is 9.10. The van der Waals surface area contributed by atoms with Crippen LogP contribution in [-0.4, -0.2) is 16.5 Å². The quantitative estimate of drug-likeness (QED) is 0.660. The van der Waals surface area contributed by atoms with Gasteiger partial charge >= 0.3 is 0 Å². The van der Waals surface area contributed by atoms with Crippen molar-refractivity contribution in [1.82, 2.24) is 4.98 Å². The first-order valence-electron chi connectivity index (χ1n) is 6.04. The molecule has 0 unspecified atom stereocenters. The second-order valence-electron chi connectivity index (χ2n) is 4.29. The van der Waals surface area contributed by atoms with E-state index in [2.05, 4.69) is 10.3 Å². The van der Waals surface area contributed by atoms with Gasteiger partial charge in [0.05, 0.1) is 4.92 Å². The molecule has 5 heteroatoms. The van der Waals surface area contributed by atoms with Crippen molar-refractivity contribution < 1.29 is 4.92 Å². The van der Waals surface area contributed by atoms with E-state index in [0.717, 1.165) is 18.7 Å². The predicted octanol–water partition coefficient (Wildman–Crippen LogP) is 2.95. The minimum absolute atomic E-state index is 0.147. The monoisotopic (exact) mass is 257 g/mol. The molecule has 0 bridgehead atoms. The first-order valence-corrected chi connectivity index (χ1v) is 6.04. The van der Waals surface area contributed by atoms with Gasteiger partial charge in [-0.2, -0.15) is 0 Å². The lowest BCUT2D eigenvalue weighted by atomic mass is 10.1. The minimum atomic E-state index is -0.358. The number of rotatable bonds is 5. The Bertz CT molecular complexity index is 570. The molecular formula is C14H15N3O2. The van der Waals surface area contributed by atoms with Crippen LogP contribution in [0.25, 0.3) is 0 Å². The van der Waals surface area contributed by atoms with Crippen LogP contribution < -0.4 is 5.32 Å². The van der Waals surface area contributed by atoms with Gasteiger partial charge < -0.3 is 5.32 Å². The Labute approximate surface area is 111 Å². The molecule has 0 aliphatic rings. The zero-order valence-corrected chi connectivity index (χ0v) is 10.7. The van der Waals surface area contributed by atoms with E-state index in [4.69, 9.17) is 0 Å². The lowest BCUT2D eigenvalue weighted by Crippen LogP contribution is -2.05. The third-order valence-corrected chi connectivity index (χ3v) is 2.90. The second-order valence-corrected chi connectivity index (χ2v) is 4.29. The van der Waals surface area contributed by atoms with Crippen molar-refractivity contribution in [2.75, 3.05) is 11.9 Å². The Hall–Kier alpha value is -2.43. The molecule has 19 heavy (non-hydrogen) atoms. The summed E-state index contributed by atoms with van der Waals surface area (Å²) < 4.78 is 0. The highest BCUT2D eigenvalue weighted by Crippen LogP contribution is 2.22.